The minimum Gasteiger partial charge on any atom is -0.355 e. The molecule has 3 heteroatoms. The monoisotopic (exact) mass is 241 g/mol. The van der Waals surface area contributed by atoms with Gasteiger partial charge in [-0.3, -0.25) is 4.79 Å². The van der Waals surface area contributed by atoms with Crippen LogP contribution in [0, 0.1) is 0 Å². The van der Waals surface area contributed by atoms with Gasteiger partial charge in [0.1, 0.15) is 0 Å². The Hall–Kier alpha value is -1.74. The molecular formula is C14H11NOS. The lowest BCUT2D eigenvalue weighted by molar-refractivity contribution is -0.111. The Labute approximate surface area is 105 Å². The van der Waals surface area contributed by atoms with Gasteiger partial charge in [0.25, 0.3) is 0 Å². The summed E-state index contributed by atoms with van der Waals surface area (Å²) in [5.41, 5.74) is 3.95. The van der Waals surface area contributed by atoms with Gasteiger partial charge in [0.2, 0.25) is 0 Å². The molecule has 0 bridgehead atoms. The Kier molecular flexibility index (Phi) is 2.41. The van der Waals surface area contributed by atoms with Crippen molar-refractivity contribution >= 4 is 29.1 Å². The number of rotatable bonds is 1. The van der Waals surface area contributed by atoms with E-state index < -0.39 is 0 Å². The molecule has 1 aliphatic rings. The summed E-state index contributed by atoms with van der Waals surface area (Å²) in [7, 11) is 0. The van der Waals surface area contributed by atoms with Crippen molar-refractivity contribution < 1.29 is 4.79 Å². The standard InChI is InChI=1S/C14H11NOS/c16-14(17)13-9-5-1-3-7-11(9)15-12-8-4-2-6-10(12)13/h1-8,13,15H,(H,16,17). The Morgan fingerprint density at radius 1 is 0.941 bits per heavy atom. The summed E-state index contributed by atoms with van der Waals surface area (Å²) >= 11 is 4.02. The van der Waals surface area contributed by atoms with Crippen LogP contribution in [0.15, 0.2) is 48.5 Å². The third-order valence-corrected chi connectivity index (χ3v) is 3.32. The number of para-hydroxylation sites is 2. The van der Waals surface area contributed by atoms with Crippen LogP contribution in [0.1, 0.15) is 17.0 Å². The van der Waals surface area contributed by atoms with Gasteiger partial charge >= 0.3 is 0 Å². The average Bonchev–Trinajstić information content (AvgIpc) is 2.35. The van der Waals surface area contributed by atoms with E-state index in [-0.39, 0.29) is 11.0 Å². The number of hydrogen-bond acceptors (Lipinski definition) is 2. The van der Waals surface area contributed by atoms with Gasteiger partial charge in [0.15, 0.2) is 5.12 Å². The van der Waals surface area contributed by atoms with Crippen LogP contribution in [-0.2, 0) is 4.79 Å². The van der Waals surface area contributed by atoms with E-state index in [1.165, 1.54) is 0 Å². The summed E-state index contributed by atoms with van der Waals surface area (Å²) in [6, 6.07) is 15.7. The van der Waals surface area contributed by atoms with Gasteiger partial charge in [0.05, 0.1) is 5.92 Å². The van der Waals surface area contributed by atoms with Crippen molar-refractivity contribution in [2.24, 2.45) is 0 Å². The minimum atomic E-state index is -0.271. The molecule has 0 spiro atoms. The van der Waals surface area contributed by atoms with Crippen LogP contribution in [0.4, 0.5) is 11.4 Å². The molecule has 1 N–H and O–H groups in total. The summed E-state index contributed by atoms with van der Waals surface area (Å²) in [6.07, 6.45) is 0. The van der Waals surface area contributed by atoms with Gasteiger partial charge in [-0.15, -0.1) is 12.6 Å². The van der Waals surface area contributed by atoms with E-state index >= 15 is 0 Å². The van der Waals surface area contributed by atoms with Crippen LogP contribution < -0.4 is 5.32 Å². The molecule has 0 saturated carbocycles. The molecular weight excluding hydrogens is 230 g/mol. The van der Waals surface area contributed by atoms with E-state index in [2.05, 4.69) is 17.9 Å². The largest absolute Gasteiger partial charge is 0.355 e. The number of carbonyl (C=O) groups is 1. The summed E-state index contributed by atoms with van der Waals surface area (Å²) in [5, 5.41) is 3.22. The number of anilines is 2. The summed E-state index contributed by atoms with van der Waals surface area (Å²) in [5.74, 6) is -0.271. The van der Waals surface area contributed by atoms with Crippen LogP contribution in [0.25, 0.3) is 0 Å². The highest BCUT2D eigenvalue weighted by Crippen LogP contribution is 2.41. The molecule has 0 unspecified atom stereocenters. The zero-order valence-corrected chi connectivity index (χ0v) is 9.95. The SMILES string of the molecule is O=C(S)C1c2ccccc2Nc2ccccc21. The zero-order chi connectivity index (χ0) is 11.8. The molecule has 2 aromatic rings. The van der Waals surface area contributed by atoms with Crippen LogP contribution >= 0.6 is 12.6 Å². The molecule has 0 saturated heterocycles. The van der Waals surface area contributed by atoms with Crippen LogP contribution in [0.3, 0.4) is 0 Å². The van der Waals surface area contributed by atoms with Crippen LogP contribution in [0.2, 0.25) is 0 Å². The number of carbonyl (C=O) groups excluding carboxylic acids is 1. The molecule has 2 nitrogen and oxygen atoms in total. The van der Waals surface area contributed by atoms with Gasteiger partial charge < -0.3 is 5.32 Å². The van der Waals surface area contributed by atoms with E-state index in [0.717, 1.165) is 22.5 Å². The lowest BCUT2D eigenvalue weighted by Gasteiger charge is -2.27. The van der Waals surface area contributed by atoms with Crippen molar-refractivity contribution in [2.75, 3.05) is 5.32 Å². The second kappa shape index (κ2) is 3.93. The second-order valence-corrected chi connectivity index (χ2v) is 4.51. The van der Waals surface area contributed by atoms with Crippen molar-refractivity contribution in [3.63, 3.8) is 0 Å². The maximum absolute atomic E-state index is 11.8. The molecule has 0 radical (unpaired) electrons. The van der Waals surface area contributed by atoms with E-state index in [1.807, 2.05) is 48.5 Å². The molecule has 0 aliphatic carbocycles. The van der Waals surface area contributed by atoms with Crippen molar-refractivity contribution in [3.05, 3.63) is 59.7 Å². The fourth-order valence-electron chi connectivity index (χ4n) is 2.30. The smallest absolute Gasteiger partial charge is 0.197 e. The molecule has 0 aromatic heterocycles. The van der Waals surface area contributed by atoms with Gasteiger partial charge in [-0.25, -0.2) is 0 Å². The molecule has 84 valence electrons. The van der Waals surface area contributed by atoms with Crippen molar-refractivity contribution in [2.45, 2.75) is 5.92 Å². The lowest BCUT2D eigenvalue weighted by atomic mass is 9.87. The Bertz CT molecular complexity index is 549. The van der Waals surface area contributed by atoms with E-state index in [0.29, 0.717) is 0 Å². The first-order valence-electron chi connectivity index (χ1n) is 5.45. The van der Waals surface area contributed by atoms with Gasteiger partial charge in [-0.2, -0.15) is 0 Å². The fraction of sp³-hybridized carbons (Fsp3) is 0.0714. The second-order valence-electron chi connectivity index (χ2n) is 4.07. The molecule has 17 heavy (non-hydrogen) atoms. The lowest BCUT2D eigenvalue weighted by Crippen LogP contribution is -2.17. The zero-order valence-electron chi connectivity index (χ0n) is 9.05. The number of benzene rings is 2. The first-order valence-corrected chi connectivity index (χ1v) is 5.90. The highest BCUT2D eigenvalue weighted by Gasteiger charge is 2.28. The Balaban J connectivity index is 2.24. The molecule has 0 amide bonds. The third-order valence-electron chi connectivity index (χ3n) is 3.06. The first kappa shape index (κ1) is 10.4. The molecule has 0 atom stereocenters. The van der Waals surface area contributed by atoms with Crippen molar-refractivity contribution in [1.82, 2.24) is 0 Å². The highest BCUT2D eigenvalue weighted by atomic mass is 32.1. The van der Waals surface area contributed by atoms with Gasteiger partial charge in [-0.1, -0.05) is 36.4 Å². The first-order chi connectivity index (χ1) is 8.27. The van der Waals surface area contributed by atoms with Crippen molar-refractivity contribution in [3.8, 4) is 0 Å². The normalized spacial score (nSPS) is 13.5. The molecule has 0 fully saturated rings. The predicted octanol–water partition coefficient (Wildman–Crippen LogP) is 3.33. The minimum absolute atomic E-state index is 0.119. The van der Waals surface area contributed by atoms with E-state index in [4.69, 9.17) is 0 Å². The van der Waals surface area contributed by atoms with Gasteiger partial charge in [0, 0.05) is 11.4 Å². The molecule has 1 aliphatic heterocycles. The number of nitrogens with one attached hydrogen (secondary N) is 1. The summed E-state index contributed by atoms with van der Waals surface area (Å²) < 4.78 is 0. The predicted molar refractivity (Wildman–Crippen MR) is 72.0 cm³/mol. The van der Waals surface area contributed by atoms with Gasteiger partial charge in [-0.05, 0) is 23.3 Å². The average molecular weight is 241 g/mol. The summed E-state index contributed by atoms with van der Waals surface area (Å²) in [6.45, 7) is 0. The quantitative estimate of drug-likeness (QED) is 0.750. The fourth-order valence-corrected chi connectivity index (χ4v) is 2.58. The summed E-state index contributed by atoms with van der Waals surface area (Å²) in [4.78, 5) is 11.8. The number of hydrogen-bond donors (Lipinski definition) is 2. The molecule has 1 heterocycles. The maximum Gasteiger partial charge on any atom is 0.197 e. The third kappa shape index (κ3) is 1.63. The maximum atomic E-state index is 11.8. The Morgan fingerprint density at radius 3 is 1.88 bits per heavy atom. The van der Waals surface area contributed by atoms with Crippen molar-refractivity contribution in [1.29, 1.82) is 0 Å². The van der Waals surface area contributed by atoms with Crippen LogP contribution in [-0.4, -0.2) is 5.12 Å². The molecule has 2 aromatic carbocycles. The molecule has 3 rings (SSSR count). The van der Waals surface area contributed by atoms with E-state index in [1.54, 1.807) is 0 Å². The topological polar surface area (TPSA) is 29.1 Å². The van der Waals surface area contributed by atoms with E-state index in [9.17, 15) is 4.79 Å². The van der Waals surface area contributed by atoms with Crippen LogP contribution in [0.5, 0.6) is 0 Å². The Morgan fingerprint density at radius 2 is 1.41 bits per heavy atom. The number of fused-ring (bicyclic) bond motifs is 2. The number of thiol groups is 1. The highest BCUT2D eigenvalue weighted by molar-refractivity contribution is 7.96.